The smallest absolute Gasteiger partial charge is 0.196 e. The molecule has 0 saturated heterocycles. The van der Waals surface area contributed by atoms with E-state index in [1.807, 2.05) is 6.07 Å². The van der Waals surface area contributed by atoms with Gasteiger partial charge in [0.15, 0.2) is 16.3 Å². The van der Waals surface area contributed by atoms with Crippen LogP contribution in [0.25, 0.3) is 11.6 Å². The first-order valence-corrected chi connectivity index (χ1v) is 4.58. The minimum atomic E-state index is 0.322. The Balaban J connectivity index is 2.47. The van der Waals surface area contributed by atoms with Crippen molar-refractivity contribution in [3.63, 3.8) is 0 Å². The molecule has 0 fully saturated rings. The molecule has 0 aliphatic rings. The van der Waals surface area contributed by atoms with Crippen molar-refractivity contribution >= 4 is 15.9 Å². The molecule has 2 aromatic heterocycles. The second kappa shape index (κ2) is 3.60. The van der Waals surface area contributed by atoms with E-state index < -0.39 is 0 Å². The predicted octanol–water partition coefficient (Wildman–Crippen LogP) is 2.37. The van der Waals surface area contributed by atoms with Gasteiger partial charge in [0.25, 0.3) is 0 Å². The molecule has 2 heterocycles. The molecule has 0 aliphatic carbocycles. The minimum Gasteiger partial charge on any atom is -0.446 e. The maximum absolute atomic E-state index is 8.63. The van der Waals surface area contributed by atoms with E-state index in [0.29, 0.717) is 21.9 Å². The number of hydrogen-bond acceptors (Lipinski definition) is 4. The van der Waals surface area contributed by atoms with Gasteiger partial charge in [-0.3, -0.25) is 0 Å². The summed E-state index contributed by atoms with van der Waals surface area (Å²) in [6.45, 7) is 0. The lowest BCUT2D eigenvalue weighted by Crippen LogP contribution is -1.89. The molecule has 0 unspecified atom stereocenters. The second-order valence-corrected chi connectivity index (χ2v) is 3.26. The third-order valence-corrected chi connectivity index (χ3v) is 1.99. The van der Waals surface area contributed by atoms with Gasteiger partial charge in [-0.05, 0) is 34.1 Å². The summed E-state index contributed by atoms with van der Waals surface area (Å²) in [6, 6.07) is 6.97. The van der Waals surface area contributed by atoms with Crippen molar-refractivity contribution in [2.75, 3.05) is 0 Å². The van der Waals surface area contributed by atoms with E-state index in [1.165, 1.54) is 6.20 Å². The normalized spacial score (nSPS) is 9.71. The molecule has 2 rings (SSSR count). The topological polar surface area (TPSA) is 62.7 Å². The van der Waals surface area contributed by atoms with E-state index >= 15 is 0 Å². The van der Waals surface area contributed by atoms with E-state index in [1.54, 1.807) is 18.2 Å². The molecular formula is C9H4BrN3O. The quantitative estimate of drug-likeness (QED) is 0.779. The Bertz CT molecular complexity index is 501. The van der Waals surface area contributed by atoms with Crippen LogP contribution in [0.3, 0.4) is 0 Å². The Labute approximate surface area is 88.3 Å². The molecule has 4 nitrogen and oxygen atoms in total. The Kier molecular flexibility index (Phi) is 2.29. The summed E-state index contributed by atoms with van der Waals surface area (Å²) in [5.74, 6) is 0.948. The van der Waals surface area contributed by atoms with Crippen LogP contribution in [0, 0.1) is 11.3 Å². The molecule has 0 bridgehead atoms. The lowest BCUT2D eigenvalue weighted by atomic mass is 10.4. The van der Waals surface area contributed by atoms with Crippen molar-refractivity contribution in [3.05, 3.63) is 34.8 Å². The molecule has 0 aromatic carbocycles. The van der Waals surface area contributed by atoms with Crippen LogP contribution in [0.5, 0.6) is 0 Å². The summed E-state index contributed by atoms with van der Waals surface area (Å²) >= 11 is 3.18. The number of nitriles is 1. The summed E-state index contributed by atoms with van der Waals surface area (Å²) < 4.78 is 5.86. The third-order valence-electron chi connectivity index (χ3n) is 1.56. The van der Waals surface area contributed by atoms with Crippen LogP contribution in [0.4, 0.5) is 0 Å². The fourth-order valence-corrected chi connectivity index (χ4v) is 1.28. The SMILES string of the molecule is N#Cc1ccnc(-c2ccc(Br)o2)n1. The molecule has 0 amide bonds. The maximum Gasteiger partial charge on any atom is 0.196 e. The van der Waals surface area contributed by atoms with Crippen molar-refractivity contribution in [1.82, 2.24) is 9.97 Å². The summed E-state index contributed by atoms with van der Waals surface area (Å²) in [5.41, 5.74) is 0.322. The number of furan rings is 1. The third kappa shape index (κ3) is 1.65. The van der Waals surface area contributed by atoms with Gasteiger partial charge < -0.3 is 4.42 Å². The number of hydrogen-bond donors (Lipinski definition) is 0. The van der Waals surface area contributed by atoms with Gasteiger partial charge >= 0.3 is 0 Å². The molecule has 5 heteroatoms. The molecule has 0 aliphatic heterocycles. The van der Waals surface area contributed by atoms with Crippen LogP contribution in [0.1, 0.15) is 5.69 Å². The van der Waals surface area contributed by atoms with E-state index in [4.69, 9.17) is 9.68 Å². The highest BCUT2D eigenvalue weighted by Crippen LogP contribution is 2.21. The fourth-order valence-electron chi connectivity index (χ4n) is 0.974. The number of aromatic nitrogens is 2. The fraction of sp³-hybridized carbons (Fsp3) is 0. The van der Waals surface area contributed by atoms with Gasteiger partial charge in [-0.25, -0.2) is 9.97 Å². The van der Waals surface area contributed by atoms with Crippen molar-refractivity contribution < 1.29 is 4.42 Å². The number of halogens is 1. The lowest BCUT2D eigenvalue weighted by molar-refractivity contribution is 0.551. The average Bonchev–Trinajstić information content (AvgIpc) is 2.65. The summed E-state index contributed by atoms with van der Waals surface area (Å²) in [7, 11) is 0. The molecule has 0 N–H and O–H groups in total. The van der Waals surface area contributed by atoms with Crippen LogP contribution >= 0.6 is 15.9 Å². The number of nitrogens with zero attached hydrogens (tertiary/aromatic N) is 3. The zero-order valence-electron chi connectivity index (χ0n) is 6.94. The van der Waals surface area contributed by atoms with Gasteiger partial charge in [-0.15, -0.1) is 0 Å². The van der Waals surface area contributed by atoms with Crippen molar-refractivity contribution in [3.8, 4) is 17.7 Å². The molecule has 0 atom stereocenters. The van der Waals surface area contributed by atoms with Gasteiger partial charge in [-0.2, -0.15) is 5.26 Å². The minimum absolute atomic E-state index is 0.322. The van der Waals surface area contributed by atoms with Gasteiger partial charge in [0.2, 0.25) is 0 Å². The Morgan fingerprint density at radius 3 is 2.86 bits per heavy atom. The summed E-state index contributed by atoms with van der Waals surface area (Å²) in [6.07, 6.45) is 1.53. The second-order valence-electron chi connectivity index (χ2n) is 2.48. The van der Waals surface area contributed by atoms with Gasteiger partial charge in [0.05, 0.1) is 0 Å². The highest BCUT2D eigenvalue weighted by atomic mass is 79.9. The zero-order chi connectivity index (χ0) is 9.97. The van der Waals surface area contributed by atoms with Gasteiger partial charge in [0, 0.05) is 6.20 Å². The van der Waals surface area contributed by atoms with E-state index in [2.05, 4.69) is 25.9 Å². The summed E-state index contributed by atoms with van der Waals surface area (Å²) in [4.78, 5) is 7.98. The van der Waals surface area contributed by atoms with Gasteiger partial charge in [-0.1, -0.05) is 0 Å². The lowest BCUT2D eigenvalue weighted by Gasteiger charge is -1.93. The van der Waals surface area contributed by atoms with Crippen LogP contribution in [0.15, 0.2) is 33.5 Å². The van der Waals surface area contributed by atoms with Crippen LogP contribution < -0.4 is 0 Å². The largest absolute Gasteiger partial charge is 0.446 e. The molecule has 2 aromatic rings. The van der Waals surface area contributed by atoms with Crippen molar-refractivity contribution in [2.24, 2.45) is 0 Å². The number of rotatable bonds is 1. The highest BCUT2D eigenvalue weighted by molar-refractivity contribution is 9.10. The average molecular weight is 250 g/mol. The Hall–Kier alpha value is -1.67. The van der Waals surface area contributed by atoms with Crippen LogP contribution in [-0.4, -0.2) is 9.97 Å². The molecule has 0 saturated carbocycles. The summed E-state index contributed by atoms with van der Waals surface area (Å²) in [5, 5.41) is 8.63. The first-order valence-electron chi connectivity index (χ1n) is 3.78. The molecule has 0 spiro atoms. The molecule has 14 heavy (non-hydrogen) atoms. The van der Waals surface area contributed by atoms with Gasteiger partial charge in [0.1, 0.15) is 11.8 Å². The monoisotopic (exact) mass is 249 g/mol. The van der Waals surface area contributed by atoms with E-state index in [9.17, 15) is 0 Å². The Morgan fingerprint density at radius 2 is 2.21 bits per heavy atom. The predicted molar refractivity (Wildman–Crippen MR) is 52.1 cm³/mol. The molecule has 68 valence electrons. The molecular weight excluding hydrogens is 246 g/mol. The highest BCUT2D eigenvalue weighted by Gasteiger charge is 2.06. The van der Waals surface area contributed by atoms with E-state index in [-0.39, 0.29) is 0 Å². The Morgan fingerprint density at radius 1 is 1.36 bits per heavy atom. The van der Waals surface area contributed by atoms with Crippen molar-refractivity contribution in [1.29, 1.82) is 5.26 Å². The first kappa shape index (κ1) is 8.91. The zero-order valence-corrected chi connectivity index (χ0v) is 8.52. The standard InChI is InChI=1S/C9H4BrN3O/c10-8-2-1-7(14-8)9-12-4-3-6(5-11)13-9/h1-4H. The maximum atomic E-state index is 8.63. The van der Waals surface area contributed by atoms with Crippen LogP contribution in [-0.2, 0) is 0 Å². The first-order chi connectivity index (χ1) is 6.79. The van der Waals surface area contributed by atoms with E-state index in [0.717, 1.165) is 0 Å². The van der Waals surface area contributed by atoms with Crippen LogP contribution in [0.2, 0.25) is 0 Å². The molecule has 0 radical (unpaired) electrons. The van der Waals surface area contributed by atoms with Crippen molar-refractivity contribution in [2.45, 2.75) is 0 Å².